The van der Waals surface area contributed by atoms with Gasteiger partial charge in [0.05, 0.1) is 25.6 Å². The fourth-order valence-corrected chi connectivity index (χ4v) is 3.18. The molecule has 2 N–H and O–H groups in total. The molecule has 0 aliphatic carbocycles. The molecule has 2 amide bonds. The number of carbonyl (C=O) groups is 2. The number of nitrogens with one attached hydrogen (secondary N) is 2. The van der Waals surface area contributed by atoms with Gasteiger partial charge in [-0.15, -0.1) is 0 Å². The van der Waals surface area contributed by atoms with Crippen molar-refractivity contribution in [1.29, 1.82) is 0 Å². The number of aryl methyl sites for hydroxylation is 1. The van der Waals surface area contributed by atoms with Gasteiger partial charge in [0.2, 0.25) is 0 Å². The Bertz CT molecular complexity index is 1150. The number of ether oxygens (including phenoxy) is 3. The second-order valence-electron chi connectivity index (χ2n) is 7.23. The number of hydrogen-bond acceptors (Lipinski definition) is 5. The lowest BCUT2D eigenvalue weighted by atomic mass is 10.2. The molecular formula is C25H25ClN2O5. The van der Waals surface area contributed by atoms with E-state index in [1.54, 1.807) is 61.5 Å². The third-order valence-electron chi connectivity index (χ3n) is 4.88. The topological polar surface area (TPSA) is 85.9 Å². The number of carbonyl (C=O) groups excluding carboxylic acids is 2. The Hall–Kier alpha value is -3.71. The van der Waals surface area contributed by atoms with Crippen LogP contribution in [-0.2, 0) is 4.79 Å². The molecule has 3 aromatic rings. The van der Waals surface area contributed by atoms with Crippen molar-refractivity contribution in [2.75, 3.05) is 24.9 Å². The first-order valence-corrected chi connectivity index (χ1v) is 10.6. The number of halogens is 1. The zero-order valence-electron chi connectivity index (χ0n) is 18.8. The van der Waals surface area contributed by atoms with Crippen LogP contribution < -0.4 is 24.8 Å². The van der Waals surface area contributed by atoms with Gasteiger partial charge in [0, 0.05) is 22.7 Å². The van der Waals surface area contributed by atoms with Gasteiger partial charge in [-0.1, -0.05) is 29.8 Å². The first-order chi connectivity index (χ1) is 15.8. The van der Waals surface area contributed by atoms with Crippen molar-refractivity contribution >= 4 is 34.8 Å². The van der Waals surface area contributed by atoms with Crippen LogP contribution in [0.15, 0.2) is 60.7 Å². The quantitative estimate of drug-likeness (QED) is 0.467. The van der Waals surface area contributed by atoms with Gasteiger partial charge < -0.3 is 24.8 Å². The van der Waals surface area contributed by atoms with E-state index < -0.39 is 6.10 Å². The van der Waals surface area contributed by atoms with E-state index in [2.05, 4.69) is 10.6 Å². The SMILES string of the molecule is COc1cc(NC(=O)C(C)Oc2ccc(Cl)c(C)c2)c(OC)cc1NC(=O)c1ccccc1. The van der Waals surface area contributed by atoms with Crippen molar-refractivity contribution in [3.63, 3.8) is 0 Å². The summed E-state index contributed by atoms with van der Waals surface area (Å²) in [7, 11) is 2.94. The molecule has 0 fully saturated rings. The zero-order chi connectivity index (χ0) is 24.0. The lowest BCUT2D eigenvalue weighted by molar-refractivity contribution is -0.122. The average Bonchev–Trinajstić information content (AvgIpc) is 2.82. The summed E-state index contributed by atoms with van der Waals surface area (Å²) < 4.78 is 16.6. The fraction of sp³-hybridized carbons (Fsp3) is 0.200. The Kier molecular flexibility index (Phi) is 7.79. The third kappa shape index (κ3) is 5.96. The van der Waals surface area contributed by atoms with Crippen molar-refractivity contribution in [2.45, 2.75) is 20.0 Å². The number of rotatable bonds is 8. The average molecular weight is 469 g/mol. The lowest BCUT2D eigenvalue weighted by Gasteiger charge is -2.19. The van der Waals surface area contributed by atoms with Crippen molar-refractivity contribution < 1.29 is 23.8 Å². The van der Waals surface area contributed by atoms with Crippen LogP contribution >= 0.6 is 11.6 Å². The highest BCUT2D eigenvalue weighted by Gasteiger charge is 2.20. The Balaban J connectivity index is 1.77. The summed E-state index contributed by atoms with van der Waals surface area (Å²) in [6, 6.07) is 17.1. The second kappa shape index (κ2) is 10.7. The van der Waals surface area contributed by atoms with Gasteiger partial charge >= 0.3 is 0 Å². The molecule has 3 aromatic carbocycles. The van der Waals surface area contributed by atoms with Crippen LogP contribution in [0.5, 0.6) is 17.2 Å². The lowest BCUT2D eigenvalue weighted by Crippen LogP contribution is -2.30. The number of amides is 2. The summed E-state index contributed by atoms with van der Waals surface area (Å²) in [5.74, 6) is 0.555. The molecule has 0 heterocycles. The van der Waals surface area contributed by atoms with Gasteiger partial charge in [-0.25, -0.2) is 0 Å². The Morgan fingerprint density at radius 2 is 1.48 bits per heavy atom. The van der Waals surface area contributed by atoms with Crippen LogP contribution in [-0.4, -0.2) is 32.1 Å². The van der Waals surface area contributed by atoms with Crippen molar-refractivity contribution in [3.8, 4) is 17.2 Å². The Morgan fingerprint density at radius 1 is 0.879 bits per heavy atom. The van der Waals surface area contributed by atoms with Gasteiger partial charge in [0.25, 0.3) is 11.8 Å². The summed E-state index contributed by atoms with van der Waals surface area (Å²) in [6.45, 7) is 3.49. The van der Waals surface area contributed by atoms with E-state index >= 15 is 0 Å². The maximum absolute atomic E-state index is 12.8. The number of benzene rings is 3. The molecule has 172 valence electrons. The number of hydrogen-bond donors (Lipinski definition) is 2. The maximum Gasteiger partial charge on any atom is 0.265 e. The highest BCUT2D eigenvalue weighted by molar-refractivity contribution is 6.31. The highest BCUT2D eigenvalue weighted by Crippen LogP contribution is 2.37. The third-order valence-corrected chi connectivity index (χ3v) is 5.30. The molecular weight excluding hydrogens is 444 g/mol. The summed E-state index contributed by atoms with van der Waals surface area (Å²) >= 11 is 6.04. The first-order valence-electron chi connectivity index (χ1n) is 10.2. The van der Waals surface area contributed by atoms with Crippen LogP contribution in [0.2, 0.25) is 5.02 Å². The molecule has 0 spiro atoms. The van der Waals surface area contributed by atoms with Crippen molar-refractivity contribution in [2.24, 2.45) is 0 Å². The van der Waals surface area contributed by atoms with Crippen LogP contribution in [0.4, 0.5) is 11.4 Å². The molecule has 1 unspecified atom stereocenters. The van der Waals surface area contributed by atoms with Gasteiger partial charge in [-0.05, 0) is 49.7 Å². The smallest absolute Gasteiger partial charge is 0.265 e. The van der Waals surface area contributed by atoms with Crippen LogP contribution in [0.1, 0.15) is 22.8 Å². The van der Waals surface area contributed by atoms with Crippen molar-refractivity contribution in [3.05, 3.63) is 76.8 Å². The molecule has 3 rings (SSSR count). The summed E-state index contributed by atoms with van der Waals surface area (Å²) in [6.07, 6.45) is -0.793. The molecule has 0 radical (unpaired) electrons. The predicted octanol–water partition coefficient (Wildman–Crippen LogP) is 5.32. The molecule has 0 aromatic heterocycles. The maximum atomic E-state index is 12.8. The van der Waals surface area contributed by atoms with Crippen molar-refractivity contribution in [1.82, 2.24) is 0 Å². The Labute approximate surface area is 197 Å². The zero-order valence-corrected chi connectivity index (χ0v) is 19.5. The van der Waals surface area contributed by atoms with Gasteiger partial charge in [0.1, 0.15) is 17.2 Å². The minimum atomic E-state index is -0.793. The van der Waals surface area contributed by atoms with Gasteiger partial charge in [0.15, 0.2) is 6.10 Å². The Morgan fingerprint density at radius 3 is 2.06 bits per heavy atom. The first kappa shape index (κ1) is 23.9. The van der Waals surface area contributed by atoms with E-state index in [4.69, 9.17) is 25.8 Å². The van der Waals surface area contributed by atoms with Gasteiger partial charge in [-0.3, -0.25) is 9.59 Å². The van der Waals surface area contributed by atoms with Crippen LogP contribution in [0.3, 0.4) is 0 Å². The van der Waals surface area contributed by atoms with E-state index in [0.29, 0.717) is 39.2 Å². The molecule has 33 heavy (non-hydrogen) atoms. The predicted molar refractivity (Wildman–Crippen MR) is 129 cm³/mol. The highest BCUT2D eigenvalue weighted by atomic mass is 35.5. The molecule has 7 nitrogen and oxygen atoms in total. The monoisotopic (exact) mass is 468 g/mol. The standard InChI is InChI=1S/C25H25ClN2O5/c1-15-12-18(10-11-19(15)26)33-16(2)24(29)27-20-13-23(32-4)21(14-22(20)31-3)28-25(30)17-8-6-5-7-9-17/h5-14,16H,1-4H3,(H,27,29)(H,28,30). The normalized spacial score (nSPS) is 11.3. The molecule has 0 aliphatic rings. The summed E-state index contributed by atoms with van der Waals surface area (Å²) in [5.41, 5.74) is 2.13. The van der Waals surface area contributed by atoms with E-state index in [9.17, 15) is 9.59 Å². The number of anilines is 2. The second-order valence-corrected chi connectivity index (χ2v) is 7.64. The van der Waals surface area contributed by atoms with Crippen LogP contribution in [0, 0.1) is 6.92 Å². The molecule has 0 aliphatic heterocycles. The molecule has 1 atom stereocenters. The van der Waals surface area contributed by atoms with E-state index in [-0.39, 0.29) is 11.8 Å². The van der Waals surface area contributed by atoms with Gasteiger partial charge in [-0.2, -0.15) is 0 Å². The number of methoxy groups -OCH3 is 2. The van der Waals surface area contributed by atoms with Crippen LogP contribution in [0.25, 0.3) is 0 Å². The van der Waals surface area contributed by atoms with E-state index in [0.717, 1.165) is 5.56 Å². The van der Waals surface area contributed by atoms with E-state index in [1.807, 2.05) is 13.0 Å². The molecule has 0 saturated heterocycles. The molecule has 0 bridgehead atoms. The minimum Gasteiger partial charge on any atom is -0.494 e. The molecule has 0 saturated carbocycles. The summed E-state index contributed by atoms with van der Waals surface area (Å²) in [4.78, 5) is 25.3. The largest absolute Gasteiger partial charge is 0.494 e. The molecule has 8 heteroatoms. The fourth-order valence-electron chi connectivity index (χ4n) is 3.06. The van der Waals surface area contributed by atoms with E-state index in [1.165, 1.54) is 14.2 Å². The summed E-state index contributed by atoms with van der Waals surface area (Å²) in [5, 5.41) is 6.21. The minimum absolute atomic E-state index is 0.298.